The smallest absolute Gasteiger partial charge is 0.298 e. The number of carbonyl (C=O) groups excluding carboxylic acids is 1. The van der Waals surface area contributed by atoms with Crippen molar-refractivity contribution in [2.24, 2.45) is 0 Å². The van der Waals surface area contributed by atoms with Crippen LogP contribution in [0.3, 0.4) is 0 Å². The normalized spacial score (nSPS) is 10.6. The summed E-state index contributed by atoms with van der Waals surface area (Å²) in [4.78, 5) is 17.0. The lowest BCUT2D eigenvalue weighted by Gasteiger charge is -2.10. The van der Waals surface area contributed by atoms with E-state index in [2.05, 4.69) is 45.9 Å². The fraction of sp³-hybridized carbons (Fsp3) is 0.222. The predicted molar refractivity (Wildman–Crippen MR) is 136 cm³/mol. The van der Waals surface area contributed by atoms with Gasteiger partial charge in [-0.2, -0.15) is 9.36 Å². The molecule has 4 aromatic rings. The highest BCUT2D eigenvalue weighted by molar-refractivity contribution is 7.07. The molecule has 3 aromatic carbocycles. The van der Waals surface area contributed by atoms with Crippen LogP contribution in [0.2, 0.25) is 0 Å². The molecule has 180 valence electrons. The first kappa shape index (κ1) is 24.2. The van der Waals surface area contributed by atoms with Gasteiger partial charge >= 0.3 is 0 Å². The van der Waals surface area contributed by atoms with Crippen molar-refractivity contribution in [3.05, 3.63) is 94.8 Å². The lowest BCUT2D eigenvalue weighted by molar-refractivity contribution is 0.0954. The highest BCUT2D eigenvalue weighted by Gasteiger charge is 2.10. The summed E-state index contributed by atoms with van der Waals surface area (Å²) in [6.45, 7) is 2.56. The van der Waals surface area contributed by atoms with Gasteiger partial charge in [0.2, 0.25) is 0 Å². The summed E-state index contributed by atoms with van der Waals surface area (Å²) >= 11 is 1.21. The number of hydrogen-bond donors (Lipinski definition) is 1. The van der Waals surface area contributed by atoms with Crippen LogP contribution >= 0.6 is 11.5 Å². The average Bonchev–Trinajstić information content (AvgIpc) is 3.32. The van der Waals surface area contributed by atoms with Crippen molar-refractivity contribution in [1.29, 1.82) is 0 Å². The Morgan fingerprint density at radius 3 is 2.34 bits per heavy atom. The van der Waals surface area contributed by atoms with Crippen molar-refractivity contribution in [2.75, 3.05) is 20.8 Å². The van der Waals surface area contributed by atoms with Gasteiger partial charge in [0.15, 0.2) is 17.3 Å². The standard InChI is InChI=1S/C27H27N3O4S/c1-18-4-6-19(7-5-18)17-25-29-27(35-30-25)34-22-11-9-21(10-12-22)26(31)28-15-14-20-8-13-23(32-2)24(16-20)33-3/h4-13,16H,14-15,17H2,1-3H3,(H,28,31). The zero-order valence-corrected chi connectivity index (χ0v) is 20.7. The largest absolute Gasteiger partial charge is 0.493 e. The van der Waals surface area contributed by atoms with Gasteiger partial charge in [-0.3, -0.25) is 4.79 Å². The Morgan fingerprint density at radius 2 is 1.63 bits per heavy atom. The van der Waals surface area contributed by atoms with E-state index < -0.39 is 0 Å². The van der Waals surface area contributed by atoms with Crippen LogP contribution in [-0.2, 0) is 12.8 Å². The number of nitrogens with one attached hydrogen (secondary N) is 1. The summed E-state index contributed by atoms with van der Waals surface area (Å²) in [6, 6.07) is 21.0. The number of ether oxygens (including phenoxy) is 3. The minimum atomic E-state index is -0.145. The van der Waals surface area contributed by atoms with Crippen molar-refractivity contribution in [3.8, 4) is 22.4 Å². The molecule has 0 atom stereocenters. The Morgan fingerprint density at radius 1 is 0.914 bits per heavy atom. The third-order valence-corrected chi connectivity index (χ3v) is 6.03. The SMILES string of the molecule is COc1ccc(CCNC(=O)c2ccc(Oc3nc(Cc4ccc(C)cc4)ns3)cc2)cc1OC. The number of amides is 1. The Bertz CT molecular complexity index is 1270. The zero-order valence-electron chi connectivity index (χ0n) is 19.9. The molecule has 0 saturated carbocycles. The fourth-order valence-electron chi connectivity index (χ4n) is 3.47. The molecule has 0 aliphatic heterocycles. The Hall–Kier alpha value is -3.91. The van der Waals surface area contributed by atoms with E-state index in [1.807, 2.05) is 18.2 Å². The molecule has 8 heteroatoms. The number of rotatable bonds is 10. The maximum atomic E-state index is 12.5. The van der Waals surface area contributed by atoms with E-state index in [-0.39, 0.29) is 5.91 Å². The molecule has 1 heterocycles. The highest BCUT2D eigenvalue weighted by atomic mass is 32.1. The first-order valence-corrected chi connectivity index (χ1v) is 12.0. The molecular formula is C27H27N3O4S. The quantitative estimate of drug-likeness (QED) is 0.329. The summed E-state index contributed by atoms with van der Waals surface area (Å²) in [5.41, 5.74) is 3.98. The Kier molecular flexibility index (Phi) is 7.95. The van der Waals surface area contributed by atoms with Gasteiger partial charge in [-0.15, -0.1) is 0 Å². The molecule has 1 N–H and O–H groups in total. The molecule has 0 bridgehead atoms. The van der Waals surface area contributed by atoms with Gasteiger partial charge in [-0.1, -0.05) is 35.9 Å². The van der Waals surface area contributed by atoms with E-state index in [0.29, 0.717) is 47.4 Å². The van der Waals surface area contributed by atoms with E-state index in [9.17, 15) is 4.79 Å². The van der Waals surface area contributed by atoms with E-state index in [1.165, 1.54) is 17.1 Å². The van der Waals surface area contributed by atoms with Crippen LogP contribution in [-0.4, -0.2) is 36.0 Å². The van der Waals surface area contributed by atoms with Gasteiger partial charge in [-0.05, 0) is 60.9 Å². The first-order chi connectivity index (χ1) is 17.0. The maximum absolute atomic E-state index is 12.5. The average molecular weight is 490 g/mol. The van der Waals surface area contributed by atoms with Crippen LogP contribution in [0, 0.1) is 6.92 Å². The van der Waals surface area contributed by atoms with Crippen LogP contribution in [0.15, 0.2) is 66.7 Å². The monoisotopic (exact) mass is 489 g/mol. The fourth-order valence-corrected chi connectivity index (χ4v) is 4.04. The van der Waals surface area contributed by atoms with Gasteiger partial charge in [0, 0.05) is 30.1 Å². The van der Waals surface area contributed by atoms with Gasteiger partial charge in [0.05, 0.1) is 14.2 Å². The second-order valence-electron chi connectivity index (χ2n) is 7.96. The third kappa shape index (κ3) is 6.58. The molecule has 0 fully saturated rings. The number of hydrogen-bond acceptors (Lipinski definition) is 7. The lowest BCUT2D eigenvalue weighted by Crippen LogP contribution is -2.25. The molecular weight excluding hydrogens is 462 g/mol. The van der Waals surface area contributed by atoms with Crippen molar-refractivity contribution in [3.63, 3.8) is 0 Å². The van der Waals surface area contributed by atoms with E-state index in [0.717, 1.165) is 17.0 Å². The van der Waals surface area contributed by atoms with Crippen LogP contribution in [0.5, 0.6) is 22.4 Å². The van der Waals surface area contributed by atoms with Gasteiger partial charge in [-0.25, -0.2) is 0 Å². The molecule has 1 amide bonds. The Labute approximate surface area is 208 Å². The van der Waals surface area contributed by atoms with Gasteiger partial charge < -0.3 is 19.5 Å². The predicted octanol–water partition coefficient (Wildman–Crippen LogP) is 5.22. The van der Waals surface area contributed by atoms with E-state index in [1.54, 1.807) is 38.5 Å². The van der Waals surface area contributed by atoms with Crippen LogP contribution < -0.4 is 19.5 Å². The van der Waals surface area contributed by atoms with Gasteiger partial charge in [0.25, 0.3) is 11.1 Å². The minimum Gasteiger partial charge on any atom is -0.493 e. The molecule has 0 spiro atoms. The molecule has 4 rings (SSSR count). The number of aromatic nitrogens is 2. The summed E-state index contributed by atoms with van der Waals surface area (Å²) in [7, 11) is 3.21. The summed E-state index contributed by atoms with van der Waals surface area (Å²) in [5.74, 6) is 2.53. The second kappa shape index (κ2) is 11.5. The first-order valence-electron chi connectivity index (χ1n) is 11.2. The molecule has 0 aliphatic carbocycles. The molecule has 35 heavy (non-hydrogen) atoms. The third-order valence-electron chi connectivity index (χ3n) is 5.40. The topological polar surface area (TPSA) is 82.6 Å². The van der Waals surface area contributed by atoms with Crippen molar-refractivity contribution >= 4 is 17.4 Å². The number of methoxy groups -OCH3 is 2. The van der Waals surface area contributed by atoms with Crippen molar-refractivity contribution in [1.82, 2.24) is 14.7 Å². The van der Waals surface area contributed by atoms with Crippen LogP contribution in [0.1, 0.15) is 32.9 Å². The summed E-state index contributed by atoms with van der Waals surface area (Å²) in [6.07, 6.45) is 1.33. The van der Waals surface area contributed by atoms with Crippen molar-refractivity contribution in [2.45, 2.75) is 19.8 Å². The lowest BCUT2D eigenvalue weighted by atomic mass is 10.1. The summed E-state index contributed by atoms with van der Waals surface area (Å²) < 4.78 is 20.8. The number of carbonyl (C=O) groups is 1. The molecule has 0 radical (unpaired) electrons. The van der Waals surface area contributed by atoms with Crippen molar-refractivity contribution < 1.29 is 19.0 Å². The highest BCUT2D eigenvalue weighted by Crippen LogP contribution is 2.28. The molecule has 0 aliphatic rings. The zero-order chi connectivity index (χ0) is 24.6. The Balaban J connectivity index is 1.27. The molecule has 0 unspecified atom stereocenters. The minimum absolute atomic E-state index is 0.145. The van der Waals surface area contributed by atoms with Gasteiger partial charge in [0.1, 0.15) is 5.75 Å². The van der Waals surface area contributed by atoms with E-state index in [4.69, 9.17) is 14.2 Å². The van der Waals surface area contributed by atoms with Crippen LogP contribution in [0.25, 0.3) is 0 Å². The molecule has 0 saturated heterocycles. The van der Waals surface area contributed by atoms with E-state index >= 15 is 0 Å². The number of benzene rings is 3. The number of nitrogens with zero attached hydrogens (tertiary/aromatic N) is 2. The summed E-state index contributed by atoms with van der Waals surface area (Å²) in [5, 5.41) is 3.41. The second-order valence-corrected chi connectivity index (χ2v) is 8.67. The van der Waals surface area contributed by atoms with Crippen LogP contribution in [0.4, 0.5) is 0 Å². The molecule has 7 nitrogen and oxygen atoms in total. The molecule has 1 aromatic heterocycles. The number of aryl methyl sites for hydroxylation is 1. The maximum Gasteiger partial charge on any atom is 0.298 e.